The molecule has 144 valence electrons. The summed E-state index contributed by atoms with van der Waals surface area (Å²) in [6, 6.07) is 15.5. The number of nitrogens with one attached hydrogen (secondary N) is 1. The number of nitrogens with zero attached hydrogens (tertiary/aromatic N) is 1. The number of benzene rings is 2. The molecule has 1 heterocycles. The fraction of sp³-hybridized carbons (Fsp3) is 0.333. The summed E-state index contributed by atoms with van der Waals surface area (Å²) >= 11 is 0. The first-order chi connectivity index (χ1) is 13.1. The third-order valence-electron chi connectivity index (χ3n) is 4.41. The molecule has 0 bridgehead atoms. The molecule has 0 atom stereocenters. The Balaban J connectivity index is 1.86. The highest BCUT2D eigenvalue weighted by Gasteiger charge is 2.30. The van der Waals surface area contributed by atoms with Crippen LogP contribution < -0.4 is 13.8 Å². The first-order valence-electron chi connectivity index (χ1n) is 9.35. The highest BCUT2D eigenvalue weighted by Crippen LogP contribution is 2.33. The van der Waals surface area contributed by atoms with Crippen LogP contribution in [-0.4, -0.2) is 21.5 Å². The SMILES string of the molecule is CCCC/C=C/c1ccc(N2CCNS2(=O)=O)c(OCc2ccccc2)c1. The lowest BCUT2D eigenvalue weighted by Gasteiger charge is -2.20. The highest BCUT2D eigenvalue weighted by molar-refractivity contribution is 7.91. The Kier molecular flexibility index (Phi) is 6.53. The summed E-state index contributed by atoms with van der Waals surface area (Å²) in [6.07, 6.45) is 7.56. The van der Waals surface area contributed by atoms with Crippen LogP contribution in [0.1, 0.15) is 37.3 Å². The molecule has 1 saturated heterocycles. The van der Waals surface area contributed by atoms with Crippen molar-refractivity contribution in [2.24, 2.45) is 0 Å². The van der Waals surface area contributed by atoms with E-state index in [0.717, 1.165) is 30.4 Å². The molecule has 2 aromatic rings. The summed E-state index contributed by atoms with van der Waals surface area (Å²) in [6.45, 7) is 3.36. The van der Waals surface area contributed by atoms with Crippen LogP contribution in [-0.2, 0) is 16.8 Å². The Hall–Kier alpha value is -2.31. The van der Waals surface area contributed by atoms with Gasteiger partial charge in [-0.2, -0.15) is 13.1 Å². The van der Waals surface area contributed by atoms with E-state index in [1.165, 1.54) is 4.31 Å². The standard InChI is InChI=1S/C21H26N2O3S/c1-2-3-4-6-9-18-12-13-20(23-15-14-22-27(23,24)25)21(16-18)26-17-19-10-7-5-8-11-19/h5-13,16,22H,2-4,14-15,17H2,1H3/b9-6+. The summed E-state index contributed by atoms with van der Waals surface area (Å²) in [5.74, 6) is 0.573. The molecular weight excluding hydrogens is 360 g/mol. The molecule has 3 rings (SSSR count). The molecule has 0 radical (unpaired) electrons. The van der Waals surface area contributed by atoms with Crippen molar-refractivity contribution < 1.29 is 13.2 Å². The third kappa shape index (κ3) is 5.11. The lowest BCUT2D eigenvalue weighted by atomic mass is 10.1. The van der Waals surface area contributed by atoms with Gasteiger partial charge in [0.1, 0.15) is 12.4 Å². The summed E-state index contributed by atoms with van der Waals surface area (Å²) < 4.78 is 34.5. The molecule has 0 unspecified atom stereocenters. The molecule has 1 aliphatic heterocycles. The average Bonchev–Trinajstić information content (AvgIpc) is 3.03. The van der Waals surface area contributed by atoms with Crippen molar-refractivity contribution in [2.75, 3.05) is 17.4 Å². The van der Waals surface area contributed by atoms with E-state index >= 15 is 0 Å². The average molecular weight is 387 g/mol. The van der Waals surface area contributed by atoms with E-state index in [1.54, 1.807) is 0 Å². The zero-order valence-electron chi connectivity index (χ0n) is 15.6. The van der Waals surface area contributed by atoms with Crippen molar-refractivity contribution >= 4 is 22.0 Å². The van der Waals surface area contributed by atoms with Crippen LogP contribution >= 0.6 is 0 Å². The van der Waals surface area contributed by atoms with E-state index in [9.17, 15) is 8.42 Å². The van der Waals surface area contributed by atoms with Crippen molar-refractivity contribution in [3.05, 3.63) is 65.7 Å². The summed E-state index contributed by atoms with van der Waals surface area (Å²) in [5, 5.41) is 0. The number of rotatable bonds is 8. The van der Waals surface area contributed by atoms with E-state index in [-0.39, 0.29) is 0 Å². The fourth-order valence-corrected chi connectivity index (χ4v) is 4.20. The second kappa shape index (κ2) is 9.06. The minimum absolute atomic E-state index is 0.387. The predicted octanol–water partition coefficient (Wildman–Crippen LogP) is 4.12. The fourth-order valence-electron chi connectivity index (χ4n) is 2.96. The third-order valence-corrected chi connectivity index (χ3v) is 5.94. The Labute approximate surface area is 161 Å². The number of hydrogen-bond acceptors (Lipinski definition) is 3. The van der Waals surface area contributed by atoms with Crippen molar-refractivity contribution in [2.45, 2.75) is 32.8 Å². The molecule has 1 aliphatic rings. The predicted molar refractivity (Wildman–Crippen MR) is 110 cm³/mol. The second-order valence-corrected chi connectivity index (χ2v) is 8.20. The largest absolute Gasteiger partial charge is 0.487 e. The number of hydrogen-bond donors (Lipinski definition) is 1. The number of unbranched alkanes of at least 4 members (excludes halogenated alkanes) is 2. The maximum absolute atomic E-state index is 12.3. The summed E-state index contributed by atoms with van der Waals surface area (Å²) in [4.78, 5) is 0. The van der Waals surface area contributed by atoms with Gasteiger partial charge in [0.15, 0.2) is 0 Å². The highest BCUT2D eigenvalue weighted by atomic mass is 32.2. The van der Waals surface area contributed by atoms with Gasteiger partial charge in [-0.25, -0.2) is 0 Å². The van der Waals surface area contributed by atoms with E-state index in [4.69, 9.17) is 4.74 Å². The summed E-state index contributed by atoms with van der Waals surface area (Å²) in [5.41, 5.74) is 2.61. The second-order valence-electron chi connectivity index (χ2n) is 6.52. The van der Waals surface area contributed by atoms with Crippen LogP contribution in [0.25, 0.3) is 6.08 Å². The Morgan fingerprint density at radius 2 is 2.00 bits per heavy atom. The van der Waals surface area contributed by atoms with Gasteiger partial charge in [-0.3, -0.25) is 4.31 Å². The van der Waals surface area contributed by atoms with Gasteiger partial charge in [0.05, 0.1) is 5.69 Å². The molecule has 0 saturated carbocycles. The van der Waals surface area contributed by atoms with E-state index in [0.29, 0.717) is 31.1 Å². The smallest absolute Gasteiger partial charge is 0.301 e. The maximum Gasteiger partial charge on any atom is 0.301 e. The molecule has 0 aromatic heterocycles. The maximum atomic E-state index is 12.3. The number of anilines is 1. The van der Waals surface area contributed by atoms with E-state index in [2.05, 4.69) is 23.8 Å². The van der Waals surface area contributed by atoms with Gasteiger partial charge in [0.25, 0.3) is 0 Å². The van der Waals surface area contributed by atoms with E-state index < -0.39 is 10.2 Å². The first kappa shape index (κ1) is 19.5. The van der Waals surface area contributed by atoms with Crippen molar-refractivity contribution in [1.82, 2.24) is 4.72 Å². The lowest BCUT2D eigenvalue weighted by Crippen LogP contribution is -2.29. The molecule has 1 N–H and O–H groups in total. The zero-order chi connectivity index (χ0) is 19.1. The molecule has 27 heavy (non-hydrogen) atoms. The Morgan fingerprint density at radius 1 is 1.19 bits per heavy atom. The van der Waals surface area contributed by atoms with Crippen LogP contribution in [0.3, 0.4) is 0 Å². The topological polar surface area (TPSA) is 58.6 Å². The normalized spacial score (nSPS) is 16.1. The van der Waals surface area contributed by atoms with Crippen molar-refractivity contribution in [3.63, 3.8) is 0 Å². The first-order valence-corrected chi connectivity index (χ1v) is 10.8. The lowest BCUT2D eigenvalue weighted by molar-refractivity contribution is 0.307. The molecule has 1 fully saturated rings. The van der Waals surface area contributed by atoms with Gasteiger partial charge in [-0.05, 0) is 29.7 Å². The van der Waals surface area contributed by atoms with Crippen LogP contribution in [0.15, 0.2) is 54.6 Å². The molecule has 6 heteroatoms. The molecule has 5 nitrogen and oxygen atoms in total. The number of allylic oxidation sites excluding steroid dienone is 1. The number of ether oxygens (including phenoxy) is 1. The summed E-state index contributed by atoms with van der Waals surface area (Å²) in [7, 11) is -3.50. The van der Waals surface area contributed by atoms with Gasteiger partial charge in [0, 0.05) is 13.1 Å². The minimum atomic E-state index is -3.50. The van der Waals surface area contributed by atoms with Crippen molar-refractivity contribution in [3.8, 4) is 5.75 Å². The molecule has 0 amide bonds. The van der Waals surface area contributed by atoms with Gasteiger partial charge < -0.3 is 4.74 Å². The van der Waals surface area contributed by atoms with Gasteiger partial charge in [-0.15, -0.1) is 0 Å². The van der Waals surface area contributed by atoms with Gasteiger partial charge >= 0.3 is 10.2 Å². The van der Waals surface area contributed by atoms with Crippen LogP contribution in [0.2, 0.25) is 0 Å². The van der Waals surface area contributed by atoms with Gasteiger partial charge in [0.2, 0.25) is 0 Å². The van der Waals surface area contributed by atoms with Crippen LogP contribution in [0, 0.1) is 0 Å². The minimum Gasteiger partial charge on any atom is -0.487 e. The molecule has 0 aliphatic carbocycles. The monoisotopic (exact) mass is 386 g/mol. The van der Waals surface area contributed by atoms with E-state index in [1.807, 2.05) is 48.5 Å². The van der Waals surface area contributed by atoms with Gasteiger partial charge in [-0.1, -0.05) is 68.3 Å². The van der Waals surface area contributed by atoms with Crippen LogP contribution in [0.5, 0.6) is 5.75 Å². The quantitative estimate of drug-likeness (QED) is 0.694. The Bertz CT molecular complexity index is 880. The van der Waals surface area contributed by atoms with Crippen LogP contribution in [0.4, 0.5) is 5.69 Å². The Morgan fingerprint density at radius 3 is 2.70 bits per heavy atom. The molecular formula is C21H26N2O3S. The zero-order valence-corrected chi connectivity index (χ0v) is 16.4. The molecule has 0 spiro atoms. The van der Waals surface area contributed by atoms with Crippen molar-refractivity contribution in [1.29, 1.82) is 0 Å². The molecule has 2 aromatic carbocycles.